The molecular weight excluding hydrogens is 775 g/mol. The second kappa shape index (κ2) is 29.9. The molecule has 1 aliphatic rings. The van der Waals surface area contributed by atoms with Gasteiger partial charge in [0.1, 0.15) is 0 Å². The molecule has 4 nitrogen and oxygen atoms in total. The molecular formula is C49H77IN2O2. The lowest BCUT2D eigenvalue weighted by atomic mass is 10.0. The molecule has 1 aliphatic heterocycles. The lowest BCUT2D eigenvalue weighted by molar-refractivity contribution is -0.678. The Morgan fingerprint density at radius 3 is 1.56 bits per heavy atom. The summed E-state index contributed by atoms with van der Waals surface area (Å²) < 4.78 is 15.1. The van der Waals surface area contributed by atoms with Gasteiger partial charge in [-0.25, -0.2) is 0 Å². The zero-order chi connectivity index (χ0) is 37.0. The molecule has 2 aromatic carbocycles. The fraction of sp³-hybridized carbons (Fsp3) is 0.653. The van der Waals surface area contributed by atoms with Crippen molar-refractivity contribution >= 4 is 22.9 Å². The van der Waals surface area contributed by atoms with Crippen LogP contribution in [0.25, 0.3) is 17.2 Å². The van der Waals surface area contributed by atoms with Crippen LogP contribution in [-0.4, -0.2) is 6.54 Å². The predicted molar refractivity (Wildman–Crippen MR) is 229 cm³/mol. The molecule has 0 bridgehead atoms. The van der Waals surface area contributed by atoms with Crippen LogP contribution >= 0.6 is 0 Å². The van der Waals surface area contributed by atoms with Crippen molar-refractivity contribution in [1.82, 2.24) is 0 Å². The second-order valence-electron chi connectivity index (χ2n) is 15.8. The van der Waals surface area contributed by atoms with Crippen molar-refractivity contribution in [2.45, 2.75) is 200 Å². The minimum atomic E-state index is 0. The quantitative estimate of drug-likeness (QED) is 0.0356. The number of anilines is 1. The molecule has 5 heteroatoms. The summed E-state index contributed by atoms with van der Waals surface area (Å²) in [5.41, 5.74) is 3.31. The van der Waals surface area contributed by atoms with Gasteiger partial charge in [-0.05, 0) is 43.2 Å². The fourth-order valence-corrected chi connectivity index (χ4v) is 7.96. The van der Waals surface area contributed by atoms with E-state index in [0.717, 1.165) is 36.2 Å². The third-order valence-electron chi connectivity index (χ3n) is 11.2. The number of fused-ring (bicyclic) bond motifs is 2. The molecule has 0 radical (unpaired) electrons. The number of hydrogen-bond acceptors (Lipinski definition) is 3. The number of benzene rings is 2. The Kier molecular flexibility index (Phi) is 25.6. The third kappa shape index (κ3) is 17.7. The average Bonchev–Trinajstić information content (AvgIpc) is 3.72. The van der Waals surface area contributed by atoms with E-state index in [1.54, 1.807) is 0 Å². The van der Waals surface area contributed by atoms with Gasteiger partial charge < -0.3 is 38.0 Å². The van der Waals surface area contributed by atoms with Crippen molar-refractivity contribution in [2.75, 3.05) is 11.4 Å². The first kappa shape index (κ1) is 46.1. The lowest BCUT2D eigenvalue weighted by Gasteiger charge is -2.18. The van der Waals surface area contributed by atoms with Gasteiger partial charge in [0.15, 0.2) is 12.3 Å². The summed E-state index contributed by atoms with van der Waals surface area (Å²) >= 11 is 0. The Bertz CT molecular complexity index is 1430. The van der Waals surface area contributed by atoms with Gasteiger partial charge in [0.2, 0.25) is 11.5 Å². The molecule has 0 amide bonds. The number of nitrogens with zero attached hydrogens (tertiary/aromatic N) is 2. The summed E-state index contributed by atoms with van der Waals surface area (Å²) in [6.45, 7) is 6.57. The summed E-state index contributed by atoms with van der Waals surface area (Å²) in [6, 6.07) is 16.9. The highest BCUT2D eigenvalue weighted by atomic mass is 127. The summed E-state index contributed by atoms with van der Waals surface area (Å²) in [7, 11) is 0. The molecule has 302 valence electrons. The molecule has 0 fully saturated rings. The maximum atomic E-state index is 6.37. The van der Waals surface area contributed by atoms with Gasteiger partial charge in [0, 0.05) is 19.0 Å². The van der Waals surface area contributed by atoms with Crippen molar-refractivity contribution < 1.29 is 37.7 Å². The smallest absolute Gasteiger partial charge is 0.374 e. The summed E-state index contributed by atoms with van der Waals surface area (Å²) in [5.74, 6) is 2.77. The Labute approximate surface area is 348 Å². The molecule has 0 saturated carbocycles. The Morgan fingerprint density at radius 1 is 0.537 bits per heavy atom. The molecule has 54 heavy (non-hydrogen) atoms. The van der Waals surface area contributed by atoms with Crippen LogP contribution in [0, 0.1) is 0 Å². The third-order valence-corrected chi connectivity index (χ3v) is 11.2. The Balaban J connectivity index is 0.00000784. The number of halogens is 1. The van der Waals surface area contributed by atoms with Gasteiger partial charge in [0.25, 0.3) is 5.52 Å². The largest absolute Gasteiger partial charge is 1.00 e. The number of aromatic nitrogens is 1. The standard InChI is InChI=1S/C49H77N2O2.HI/c1-3-5-7-9-11-13-15-17-19-21-23-25-27-33-42-50-44-36-29-31-38-46(44)52-48(50)40-35-41-49-51(45-37-30-32-39-47(45)53-49)43-34-28-26-24-22-20-18-16-14-12-10-8-6-4-2;/h29-32,35-41H,3-28,33-34,42-43H2,1-2H3;1H/q+1;/p-1. The van der Waals surface area contributed by atoms with Crippen LogP contribution in [0.3, 0.4) is 0 Å². The van der Waals surface area contributed by atoms with Crippen molar-refractivity contribution in [2.24, 2.45) is 0 Å². The van der Waals surface area contributed by atoms with Crippen LogP contribution in [0.15, 0.2) is 71.0 Å². The summed E-state index contributed by atoms with van der Waals surface area (Å²) in [4.78, 5) is 2.36. The van der Waals surface area contributed by atoms with E-state index in [4.69, 9.17) is 9.15 Å². The summed E-state index contributed by atoms with van der Waals surface area (Å²) in [5, 5.41) is 0. The van der Waals surface area contributed by atoms with Crippen LogP contribution in [0.2, 0.25) is 0 Å². The van der Waals surface area contributed by atoms with Gasteiger partial charge >= 0.3 is 5.89 Å². The molecule has 1 aromatic heterocycles. The molecule has 0 N–H and O–H groups in total. The fourth-order valence-electron chi connectivity index (χ4n) is 7.96. The monoisotopic (exact) mass is 853 g/mol. The van der Waals surface area contributed by atoms with Gasteiger partial charge in [-0.1, -0.05) is 199 Å². The maximum Gasteiger partial charge on any atom is 0.374 e. The predicted octanol–water partition coefficient (Wildman–Crippen LogP) is 12.4. The SMILES string of the molecule is CCCCCCCCCCCCCCCCN1/C(=C/C=C/c2oc3ccccc3[n+]2CCCCCCCCCCCCCCCC)Oc2ccccc21.[I-]. The highest BCUT2D eigenvalue weighted by molar-refractivity contribution is 5.70. The first-order valence-corrected chi connectivity index (χ1v) is 22.7. The van der Waals surface area contributed by atoms with Crippen LogP contribution in [0.5, 0.6) is 5.75 Å². The van der Waals surface area contributed by atoms with E-state index >= 15 is 0 Å². The molecule has 0 atom stereocenters. The molecule has 0 spiro atoms. The van der Waals surface area contributed by atoms with Gasteiger partial charge in [-0.15, -0.1) is 0 Å². The first-order valence-electron chi connectivity index (χ1n) is 22.7. The highest BCUT2D eigenvalue weighted by Gasteiger charge is 2.25. The first-order chi connectivity index (χ1) is 26.3. The molecule has 3 aromatic rings. The van der Waals surface area contributed by atoms with E-state index in [0.29, 0.717) is 0 Å². The van der Waals surface area contributed by atoms with E-state index in [1.165, 1.54) is 191 Å². The Morgan fingerprint density at radius 2 is 1.00 bits per heavy atom. The lowest BCUT2D eigenvalue weighted by Crippen LogP contribution is -3.00. The number of para-hydroxylation sites is 4. The Hall–Kier alpha value is -2.28. The van der Waals surface area contributed by atoms with Crippen LogP contribution < -0.4 is 38.2 Å². The molecule has 2 heterocycles. The normalized spacial score (nSPS) is 13.3. The van der Waals surface area contributed by atoms with Gasteiger partial charge in [-0.2, -0.15) is 4.57 Å². The average molecular weight is 853 g/mol. The van der Waals surface area contributed by atoms with Crippen molar-refractivity contribution in [3.05, 3.63) is 72.5 Å². The minimum absolute atomic E-state index is 0. The van der Waals surface area contributed by atoms with E-state index in [1.807, 2.05) is 0 Å². The molecule has 0 aliphatic carbocycles. The van der Waals surface area contributed by atoms with Crippen molar-refractivity contribution in [1.29, 1.82) is 0 Å². The van der Waals surface area contributed by atoms with E-state index < -0.39 is 0 Å². The van der Waals surface area contributed by atoms with Gasteiger partial charge in [0.05, 0.1) is 11.8 Å². The topological polar surface area (TPSA) is 29.5 Å². The van der Waals surface area contributed by atoms with E-state index in [-0.39, 0.29) is 24.0 Å². The van der Waals surface area contributed by atoms with Crippen LogP contribution in [-0.2, 0) is 6.54 Å². The number of rotatable bonds is 32. The molecule has 0 saturated heterocycles. The number of allylic oxidation sites excluding steroid dienone is 2. The van der Waals surface area contributed by atoms with Crippen LogP contribution in [0.1, 0.15) is 200 Å². The highest BCUT2D eigenvalue weighted by Crippen LogP contribution is 2.39. The number of ether oxygens (including phenoxy) is 1. The second-order valence-corrected chi connectivity index (χ2v) is 15.8. The van der Waals surface area contributed by atoms with Crippen LogP contribution in [0.4, 0.5) is 5.69 Å². The molecule has 4 rings (SSSR count). The van der Waals surface area contributed by atoms with E-state index in [2.05, 4.69) is 90.1 Å². The number of aryl methyl sites for hydroxylation is 1. The van der Waals surface area contributed by atoms with Crippen molar-refractivity contribution in [3.63, 3.8) is 0 Å². The molecule has 0 unspecified atom stereocenters. The number of oxazole rings is 1. The maximum absolute atomic E-state index is 6.37. The zero-order valence-electron chi connectivity index (χ0n) is 34.7. The minimum Gasteiger partial charge on any atom is -1.00 e. The summed E-state index contributed by atoms with van der Waals surface area (Å²) in [6.07, 6.45) is 45.0. The zero-order valence-corrected chi connectivity index (χ0v) is 36.8. The number of hydrogen-bond donors (Lipinski definition) is 0. The van der Waals surface area contributed by atoms with E-state index in [9.17, 15) is 0 Å². The number of unbranched alkanes of at least 4 members (excludes halogenated alkanes) is 26. The van der Waals surface area contributed by atoms with Crippen molar-refractivity contribution in [3.8, 4) is 5.75 Å². The van der Waals surface area contributed by atoms with Gasteiger partial charge in [-0.3, -0.25) is 0 Å².